The van der Waals surface area contributed by atoms with Gasteiger partial charge in [0.15, 0.2) is 0 Å². The standard InChI is InChI=1S/C12H12BrClN4/c1-7-6-16-12(15-2)18-11(7)17-8-3-4-10(14)9(13)5-8/h3-6H,1-2H3,(H2,15,16,17,18). The molecule has 2 aromatic rings. The molecule has 6 heteroatoms. The Bertz CT molecular complexity index is 574. The summed E-state index contributed by atoms with van der Waals surface area (Å²) in [5.74, 6) is 1.35. The van der Waals surface area contributed by atoms with Crippen LogP contribution in [0.1, 0.15) is 5.56 Å². The molecule has 0 fully saturated rings. The highest BCUT2D eigenvalue weighted by atomic mass is 79.9. The smallest absolute Gasteiger partial charge is 0.224 e. The van der Waals surface area contributed by atoms with E-state index in [2.05, 4.69) is 36.5 Å². The van der Waals surface area contributed by atoms with E-state index in [1.54, 1.807) is 13.2 Å². The molecule has 0 aliphatic heterocycles. The van der Waals surface area contributed by atoms with Crippen molar-refractivity contribution in [3.8, 4) is 0 Å². The number of hydrogen-bond acceptors (Lipinski definition) is 4. The van der Waals surface area contributed by atoms with Gasteiger partial charge in [0.1, 0.15) is 5.82 Å². The summed E-state index contributed by atoms with van der Waals surface area (Å²) in [6.45, 7) is 1.95. The Morgan fingerprint density at radius 2 is 2.11 bits per heavy atom. The van der Waals surface area contributed by atoms with Crippen LogP contribution in [0.4, 0.5) is 17.5 Å². The maximum Gasteiger partial charge on any atom is 0.224 e. The Morgan fingerprint density at radius 1 is 1.33 bits per heavy atom. The Balaban J connectivity index is 2.30. The summed E-state index contributed by atoms with van der Waals surface area (Å²) in [4.78, 5) is 8.49. The fourth-order valence-electron chi connectivity index (χ4n) is 1.40. The Labute approximate surface area is 119 Å². The van der Waals surface area contributed by atoms with Crippen molar-refractivity contribution in [2.45, 2.75) is 6.92 Å². The van der Waals surface area contributed by atoms with Crippen LogP contribution >= 0.6 is 27.5 Å². The van der Waals surface area contributed by atoms with Gasteiger partial charge in [0, 0.05) is 29.0 Å². The molecule has 0 saturated carbocycles. The zero-order valence-electron chi connectivity index (χ0n) is 9.96. The van der Waals surface area contributed by atoms with Crippen LogP contribution in [0.25, 0.3) is 0 Å². The maximum absolute atomic E-state index is 5.95. The van der Waals surface area contributed by atoms with E-state index >= 15 is 0 Å². The van der Waals surface area contributed by atoms with Crippen LogP contribution in [0.3, 0.4) is 0 Å². The second-order valence-corrected chi connectivity index (χ2v) is 4.99. The average molecular weight is 328 g/mol. The first-order chi connectivity index (χ1) is 8.60. The highest BCUT2D eigenvalue weighted by Crippen LogP contribution is 2.27. The van der Waals surface area contributed by atoms with Crippen molar-refractivity contribution < 1.29 is 0 Å². The van der Waals surface area contributed by atoms with Crippen LogP contribution in [-0.2, 0) is 0 Å². The third-order valence-electron chi connectivity index (χ3n) is 2.38. The normalized spacial score (nSPS) is 10.2. The fraction of sp³-hybridized carbons (Fsp3) is 0.167. The first-order valence-corrected chi connectivity index (χ1v) is 6.50. The molecule has 0 bridgehead atoms. The van der Waals surface area contributed by atoms with Crippen LogP contribution in [0.2, 0.25) is 5.02 Å². The van der Waals surface area contributed by atoms with Gasteiger partial charge in [-0.15, -0.1) is 0 Å². The van der Waals surface area contributed by atoms with Gasteiger partial charge in [-0.05, 0) is 41.1 Å². The third-order valence-corrected chi connectivity index (χ3v) is 3.59. The summed E-state index contributed by atoms with van der Waals surface area (Å²) in [6, 6.07) is 5.63. The first kappa shape index (κ1) is 13.1. The van der Waals surface area contributed by atoms with Crippen molar-refractivity contribution in [3.05, 3.63) is 39.5 Å². The number of hydrogen-bond donors (Lipinski definition) is 2. The summed E-state index contributed by atoms with van der Waals surface area (Å²) in [6.07, 6.45) is 1.77. The van der Waals surface area contributed by atoms with Crippen LogP contribution < -0.4 is 10.6 Å². The molecule has 0 spiro atoms. The molecule has 0 radical (unpaired) electrons. The van der Waals surface area contributed by atoms with Gasteiger partial charge in [-0.2, -0.15) is 4.98 Å². The lowest BCUT2D eigenvalue weighted by Gasteiger charge is -2.10. The number of anilines is 3. The van der Waals surface area contributed by atoms with E-state index in [1.165, 1.54) is 0 Å². The van der Waals surface area contributed by atoms with E-state index in [0.29, 0.717) is 11.0 Å². The molecular weight excluding hydrogens is 316 g/mol. The zero-order valence-corrected chi connectivity index (χ0v) is 12.3. The number of nitrogens with zero attached hydrogens (tertiary/aromatic N) is 2. The molecular formula is C12H12BrClN4. The predicted octanol–water partition coefficient (Wildman–Crippen LogP) is 3.99. The third kappa shape index (κ3) is 2.91. The molecule has 2 N–H and O–H groups in total. The van der Waals surface area contributed by atoms with Gasteiger partial charge in [-0.3, -0.25) is 0 Å². The minimum atomic E-state index is 0.580. The first-order valence-electron chi connectivity index (χ1n) is 5.33. The highest BCUT2D eigenvalue weighted by Gasteiger charge is 2.05. The van der Waals surface area contributed by atoms with Crippen molar-refractivity contribution in [3.63, 3.8) is 0 Å². The van der Waals surface area contributed by atoms with E-state index in [1.807, 2.05) is 25.1 Å². The molecule has 0 amide bonds. The van der Waals surface area contributed by atoms with Gasteiger partial charge in [0.2, 0.25) is 5.95 Å². The molecule has 0 atom stereocenters. The number of aryl methyl sites for hydroxylation is 1. The van der Waals surface area contributed by atoms with E-state index in [0.717, 1.165) is 21.5 Å². The quantitative estimate of drug-likeness (QED) is 0.895. The molecule has 18 heavy (non-hydrogen) atoms. The minimum absolute atomic E-state index is 0.580. The van der Waals surface area contributed by atoms with Crippen molar-refractivity contribution >= 4 is 45.0 Å². The van der Waals surface area contributed by atoms with Crippen molar-refractivity contribution in [1.82, 2.24) is 9.97 Å². The predicted molar refractivity (Wildman–Crippen MR) is 78.8 cm³/mol. The monoisotopic (exact) mass is 326 g/mol. The molecule has 1 aromatic carbocycles. The largest absolute Gasteiger partial charge is 0.357 e. The molecule has 2 rings (SSSR count). The second kappa shape index (κ2) is 5.54. The highest BCUT2D eigenvalue weighted by molar-refractivity contribution is 9.10. The van der Waals surface area contributed by atoms with E-state index in [4.69, 9.17) is 11.6 Å². The summed E-state index contributed by atoms with van der Waals surface area (Å²) >= 11 is 9.34. The molecule has 1 heterocycles. The van der Waals surface area contributed by atoms with Gasteiger partial charge >= 0.3 is 0 Å². The van der Waals surface area contributed by atoms with Crippen molar-refractivity contribution in [1.29, 1.82) is 0 Å². The van der Waals surface area contributed by atoms with Gasteiger partial charge in [-0.1, -0.05) is 11.6 Å². The molecule has 94 valence electrons. The topological polar surface area (TPSA) is 49.8 Å². The summed E-state index contributed by atoms with van der Waals surface area (Å²) in [7, 11) is 1.79. The Morgan fingerprint density at radius 3 is 2.78 bits per heavy atom. The second-order valence-electron chi connectivity index (χ2n) is 3.73. The number of nitrogens with one attached hydrogen (secondary N) is 2. The fourth-order valence-corrected chi connectivity index (χ4v) is 1.90. The van der Waals surface area contributed by atoms with Crippen LogP contribution in [-0.4, -0.2) is 17.0 Å². The molecule has 0 aliphatic carbocycles. The van der Waals surface area contributed by atoms with E-state index in [-0.39, 0.29) is 0 Å². The van der Waals surface area contributed by atoms with Gasteiger partial charge in [-0.25, -0.2) is 4.98 Å². The Kier molecular flexibility index (Phi) is 4.04. The van der Waals surface area contributed by atoms with Gasteiger partial charge < -0.3 is 10.6 Å². The van der Waals surface area contributed by atoms with Gasteiger partial charge in [0.25, 0.3) is 0 Å². The summed E-state index contributed by atoms with van der Waals surface area (Å²) < 4.78 is 0.842. The van der Waals surface area contributed by atoms with Crippen LogP contribution in [0.5, 0.6) is 0 Å². The van der Waals surface area contributed by atoms with Crippen molar-refractivity contribution in [2.24, 2.45) is 0 Å². The van der Waals surface area contributed by atoms with Gasteiger partial charge in [0.05, 0.1) is 5.02 Å². The van der Waals surface area contributed by atoms with E-state index < -0.39 is 0 Å². The number of rotatable bonds is 3. The molecule has 0 aliphatic rings. The van der Waals surface area contributed by atoms with Crippen molar-refractivity contribution in [2.75, 3.05) is 17.7 Å². The summed E-state index contributed by atoms with van der Waals surface area (Å²) in [5, 5.41) is 6.82. The SMILES string of the molecule is CNc1ncc(C)c(Nc2ccc(Cl)c(Br)c2)n1. The minimum Gasteiger partial charge on any atom is -0.357 e. The zero-order chi connectivity index (χ0) is 13.1. The average Bonchev–Trinajstić information content (AvgIpc) is 2.36. The summed E-state index contributed by atoms with van der Waals surface area (Å²) in [5.41, 5.74) is 1.88. The number of benzene rings is 1. The number of halogens is 2. The van der Waals surface area contributed by atoms with E-state index in [9.17, 15) is 0 Å². The number of aromatic nitrogens is 2. The Hall–Kier alpha value is -1.33. The maximum atomic E-state index is 5.95. The molecule has 1 aromatic heterocycles. The lowest BCUT2D eigenvalue weighted by atomic mass is 10.3. The molecule has 4 nitrogen and oxygen atoms in total. The van der Waals surface area contributed by atoms with Crippen LogP contribution in [0, 0.1) is 6.92 Å². The molecule has 0 unspecified atom stereocenters. The molecule has 0 saturated heterocycles. The lowest BCUT2D eigenvalue weighted by Crippen LogP contribution is -2.02. The van der Waals surface area contributed by atoms with Crippen LogP contribution in [0.15, 0.2) is 28.9 Å². The lowest BCUT2D eigenvalue weighted by molar-refractivity contribution is 1.12.